The first kappa shape index (κ1) is 26.0. The van der Waals surface area contributed by atoms with Gasteiger partial charge in [0.1, 0.15) is 6.04 Å². The van der Waals surface area contributed by atoms with Gasteiger partial charge in [0.15, 0.2) is 0 Å². The maximum absolute atomic E-state index is 14.2. The number of benzene rings is 2. The normalized spacial score (nSPS) is 14.7. The first-order valence-corrected chi connectivity index (χ1v) is 12.1. The van der Waals surface area contributed by atoms with Crippen molar-refractivity contribution in [1.29, 1.82) is 5.26 Å². The number of nitrogens with zero attached hydrogens (tertiary/aromatic N) is 2. The first-order chi connectivity index (χ1) is 15.6. The molecule has 0 radical (unpaired) electrons. The monoisotopic (exact) mass is 489 g/mol. The van der Waals surface area contributed by atoms with E-state index in [9.17, 15) is 22.6 Å². The van der Waals surface area contributed by atoms with Crippen LogP contribution in [0.25, 0.3) is 22.0 Å². The number of halogens is 3. The maximum Gasteiger partial charge on any atom is 0.408 e. The molecule has 0 aliphatic carbocycles. The lowest BCUT2D eigenvalue weighted by Gasteiger charge is -2.26. The van der Waals surface area contributed by atoms with Crippen molar-refractivity contribution in [2.75, 3.05) is 0 Å². The summed E-state index contributed by atoms with van der Waals surface area (Å²) in [7, 11) is -1.92. The lowest BCUT2D eigenvalue weighted by molar-refractivity contribution is -0.152. The Morgan fingerprint density at radius 2 is 1.71 bits per heavy atom. The van der Waals surface area contributed by atoms with Gasteiger partial charge in [0.2, 0.25) is 0 Å². The summed E-state index contributed by atoms with van der Waals surface area (Å²) in [6.45, 7) is 11.4. The SMILES string of the molecule is CC(C)(C)Cn1cc([C@H](N[S@@](=O)C(C)(C)C)C(F)(F)F)c2ccc(-c3ccccc3C#N)cc21. The van der Waals surface area contributed by atoms with Gasteiger partial charge in [-0.05, 0) is 49.4 Å². The molecule has 0 saturated carbocycles. The molecule has 3 aromatic rings. The summed E-state index contributed by atoms with van der Waals surface area (Å²) in [5.74, 6) is 0. The topological polar surface area (TPSA) is 57.8 Å². The number of hydrogen-bond acceptors (Lipinski definition) is 2. The highest BCUT2D eigenvalue weighted by Gasteiger charge is 2.44. The van der Waals surface area contributed by atoms with Gasteiger partial charge in [0.25, 0.3) is 0 Å². The maximum atomic E-state index is 14.2. The average molecular weight is 490 g/mol. The second-order valence-electron chi connectivity index (χ2n) is 10.6. The van der Waals surface area contributed by atoms with E-state index in [4.69, 9.17) is 0 Å². The van der Waals surface area contributed by atoms with Crippen LogP contribution in [0, 0.1) is 16.7 Å². The van der Waals surface area contributed by atoms with Crippen LogP contribution in [0.3, 0.4) is 0 Å². The summed E-state index contributed by atoms with van der Waals surface area (Å²) in [5, 5.41) is 9.93. The predicted octanol–water partition coefficient (Wildman–Crippen LogP) is 6.88. The highest BCUT2D eigenvalue weighted by atomic mass is 32.2. The van der Waals surface area contributed by atoms with E-state index in [0.717, 1.165) is 11.1 Å². The quantitative estimate of drug-likeness (QED) is 0.425. The zero-order valence-electron chi connectivity index (χ0n) is 20.2. The molecule has 0 spiro atoms. The average Bonchev–Trinajstić information content (AvgIpc) is 3.05. The van der Waals surface area contributed by atoms with Gasteiger partial charge in [0, 0.05) is 29.2 Å². The second-order valence-corrected chi connectivity index (χ2v) is 12.6. The van der Waals surface area contributed by atoms with Gasteiger partial charge >= 0.3 is 6.18 Å². The first-order valence-electron chi connectivity index (χ1n) is 11.0. The van der Waals surface area contributed by atoms with Crippen LogP contribution in [0.5, 0.6) is 0 Å². The Labute approximate surface area is 201 Å². The van der Waals surface area contributed by atoms with Crippen molar-refractivity contribution in [2.24, 2.45) is 5.41 Å². The van der Waals surface area contributed by atoms with Crippen molar-refractivity contribution in [3.8, 4) is 17.2 Å². The molecular formula is C26H30F3N3OS. The number of rotatable bonds is 5. The van der Waals surface area contributed by atoms with Gasteiger partial charge in [-0.2, -0.15) is 18.4 Å². The number of nitriles is 1. The second kappa shape index (κ2) is 9.20. The van der Waals surface area contributed by atoms with E-state index in [-0.39, 0.29) is 11.0 Å². The van der Waals surface area contributed by atoms with Crippen LogP contribution in [0.15, 0.2) is 48.7 Å². The van der Waals surface area contributed by atoms with Crippen molar-refractivity contribution in [3.63, 3.8) is 0 Å². The predicted molar refractivity (Wildman–Crippen MR) is 131 cm³/mol. The third-order valence-corrected chi connectivity index (χ3v) is 6.90. The molecule has 3 rings (SSSR count). The Morgan fingerprint density at radius 3 is 2.26 bits per heavy atom. The molecule has 0 amide bonds. The molecule has 0 unspecified atom stereocenters. The number of fused-ring (bicyclic) bond motifs is 1. The minimum atomic E-state index is -4.65. The van der Waals surface area contributed by atoms with Gasteiger partial charge in [-0.15, -0.1) is 0 Å². The molecule has 4 nitrogen and oxygen atoms in total. The minimum Gasteiger partial charge on any atom is -0.347 e. The van der Waals surface area contributed by atoms with Gasteiger partial charge in [0.05, 0.1) is 27.4 Å². The summed E-state index contributed by atoms with van der Waals surface area (Å²) in [6, 6.07) is 12.4. The molecule has 0 fully saturated rings. The summed E-state index contributed by atoms with van der Waals surface area (Å²) in [5.41, 5.74) is 2.43. The molecule has 0 aliphatic rings. The molecule has 2 atom stereocenters. The smallest absolute Gasteiger partial charge is 0.347 e. The van der Waals surface area contributed by atoms with Crippen LogP contribution in [0.2, 0.25) is 0 Å². The number of hydrogen-bond donors (Lipinski definition) is 1. The molecule has 1 aromatic heterocycles. The number of nitrogens with one attached hydrogen (secondary N) is 1. The highest BCUT2D eigenvalue weighted by Crippen LogP contribution is 2.40. The Morgan fingerprint density at radius 1 is 1.06 bits per heavy atom. The summed E-state index contributed by atoms with van der Waals surface area (Å²) in [4.78, 5) is 0. The molecule has 8 heteroatoms. The van der Waals surface area contributed by atoms with Crippen molar-refractivity contribution in [3.05, 3.63) is 59.8 Å². The standard InChI is InChI=1S/C26H30F3N3OS/c1-24(2,3)16-32-15-21(23(26(27,28)29)31-34(33)25(4,5)6)20-12-11-17(13-22(20)32)19-10-8-7-9-18(19)14-30/h7-13,15,23,31H,16H2,1-6H3/t23-,34-/m0/s1. The molecule has 0 bridgehead atoms. The fraction of sp³-hybridized carbons (Fsp3) is 0.423. The van der Waals surface area contributed by atoms with E-state index in [1.807, 2.05) is 43.5 Å². The van der Waals surface area contributed by atoms with Gasteiger partial charge in [-0.3, -0.25) is 0 Å². The third-order valence-electron chi connectivity index (χ3n) is 5.34. The Kier molecular flexibility index (Phi) is 7.03. The van der Waals surface area contributed by atoms with E-state index in [2.05, 4.69) is 10.8 Å². The van der Waals surface area contributed by atoms with Gasteiger partial charge in [-0.25, -0.2) is 8.93 Å². The molecule has 0 saturated heterocycles. The molecule has 1 heterocycles. The van der Waals surface area contributed by atoms with Crippen LogP contribution in [-0.2, 0) is 17.5 Å². The minimum absolute atomic E-state index is 0.0319. The summed E-state index contributed by atoms with van der Waals surface area (Å²) < 4.78 is 58.6. The molecule has 34 heavy (non-hydrogen) atoms. The van der Waals surface area contributed by atoms with Crippen molar-refractivity contribution < 1.29 is 17.4 Å². The Balaban J connectivity index is 2.24. The number of aromatic nitrogens is 1. The van der Waals surface area contributed by atoms with E-state index in [1.165, 1.54) is 6.20 Å². The lowest BCUT2D eigenvalue weighted by Crippen LogP contribution is -2.41. The van der Waals surface area contributed by atoms with Crippen LogP contribution in [0.4, 0.5) is 13.2 Å². The lowest BCUT2D eigenvalue weighted by atomic mass is 9.96. The van der Waals surface area contributed by atoms with Gasteiger partial charge < -0.3 is 4.57 Å². The Hall–Kier alpha value is -2.63. The van der Waals surface area contributed by atoms with Crippen LogP contribution in [0.1, 0.15) is 58.7 Å². The molecule has 1 N–H and O–H groups in total. The zero-order valence-corrected chi connectivity index (χ0v) is 21.1. The van der Waals surface area contributed by atoms with Crippen LogP contribution < -0.4 is 4.72 Å². The summed E-state index contributed by atoms with van der Waals surface area (Å²) >= 11 is 0. The molecule has 0 aliphatic heterocycles. The Bertz CT molecular complexity index is 1260. The molecule has 182 valence electrons. The van der Waals surface area contributed by atoms with E-state index in [0.29, 0.717) is 23.0 Å². The number of alkyl halides is 3. The van der Waals surface area contributed by atoms with Crippen molar-refractivity contribution >= 4 is 21.9 Å². The van der Waals surface area contributed by atoms with Gasteiger partial charge in [-0.1, -0.05) is 51.1 Å². The van der Waals surface area contributed by atoms with Crippen molar-refractivity contribution in [1.82, 2.24) is 9.29 Å². The molecule has 2 aromatic carbocycles. The zero-order chi connectivity index (χ0) is 25.5. The largest absolute Gasteiger partial charge is 0.408 e. The molecular weight excluding hydrogens is 459 g/mol. The fourth-order valence-corrected chi connectivity index (χ4v) is 4.61. The fourth-order valence-electron chi connectivity index (χ4n) is 3.78. The van der Waals surface area contributed by atoms with E-state index >= 15 is 0 Å². The third kappa shape index (κ3) is 5.70. The van der Waals surface area contributed by atoms with Crippen LogP contribution >= 0.6 is 0 Å². The highest BCUT2D eigenvalue weighted by molar-refractivity contribution is 7.84. The van der Waals surface area contributed by atoms with E-state index in [1.54, 1.807) is 45.0 Å². The van der Waals surface area contributed by atoms with Crippen LogP contribution in [-0.4, -0.2) is 19.7 Å². The van der Waals surface area contributed by atoms with E-state index < -0.39 is 28.0 Å². The summed E-state index contributed by atoms with van der Waals surface area (Å²) in [6.07, 6.45) is -3.13. The van der Waals surface area contributed by atoms with Crippen molar-refractivity contribution in [2.45, 2.75) is 65.1 Å².